The average Bonchev–Trinajstić information content (AvgIpc) is 2.05. The zero-order valence-electron chi connectivity index (χ0n) is 11.4. The molecule has 88 valence electrons. The monoisotopic (exact) mass is 201 g/mol. The highest BCUT2D eigenvalue weighted by molar-refractivity contribution is 4.64. The second-order valence-corrected chi connectivity index (χ2v) is 5.27. The van der Waals surface area contributed by atoms with Gasteiger partial charge >= 0.3 is 0 Å². The number of rotatable bonds is 5. The first-order valence-electron chi connectivity index (χ1n) is 6.12. The van der Waals surface area contributed by atoms with Gasteiger partial charge in [0.05, 0.1) is 0 Å². The molecule has 0 heterocycles. The Hall–Kier alpha value is -0.0400. The van der Waals surface area contributed by atoms with E-state index in [0.717, 1.165) is 12.5 Å². The van der Waals surface area contributed by atoms with Gasteiger partial charge in [-0.2, -0.15) is 0 Å². The smallest absolute Gasteiger partial charge is 0.0000126 e. The summed E-state index contributed by atoms with van der Waals surface area (Å²) in [6.07, 6.45) is 2.66. The molecular weight excluding hydrogens is 170 g/mol. The maximum Gasteiger partial charge on any atom is -0.0000126 e. The first-order chi connectivity index (χ1) is 6.42. The van der Waals surface area contributed by atoms with Gasteiger partial charge in [-0.3, -0.25) is 0 Å². The predicted octanol–water partition coefficient (Wildman–Crippen LogP) is 4.08. The zero-order valence-corrected chi connectivity index (χ0v) is 11.4. The number of nitrogens with one attached hydrogen (secondary N) is 1. The summed E-state index contributed by atoms with van der Waals surface area (Å²) in [5.74, 6) is 0.849. The lowest BCUT2D eigenvalue weighted by Gasteiger charge is -2.18. The van der Waals surface area contributed by atoms with Gasteiger partial charge in [-0.15, -0.1) is 0 Å². The van der Waals surface area contributed by atoms with Gasteiger partial charge in [-0.1, -0.05) is 48.5 Å². The second kappa shape index (κ2) is 9.51. The Morgan fingerprint density at radius 3 is 1.93 bits per heavy atom. The lowest BCUT2D eigenvalue weighted by molar-refractivity contribution is 0.374. The molecule has 1 N–H and O–H groups in total. The lowest BCUT2D eigenvalue weighted by atomic mass is 9.97. The topological polar surface area (TPSA) is 12.0 Å². The Morgan fingerprint density at radius 2 is 1.57 bits per heavy atom. The Morgan fingerprint density at radius 1 is 1.07 bits per heavy atom. The molecule has 0 amide bonds. The highest BCUT2D eigenvalue weighted by atomic mass is 14.9. The second-order valence-electron chi connectivity index (χ2n) is 5.27. The standard InChI is InChI=1S/C11H25N.C2H6/c1-10(2)7-6-8-12-9-11(3,4)5;1-2/h10,12H,6-9H2,1-5H3;1-2H3. The molecule has 0 atom stereocenters. The van der Waals surface area contributed by atoms with Gasteiger partial charge in [0.25, 0.3) is 0 Å². The minimum atomic E-state index is 0.428. The van der Waals surface area contributed by atoms with E-state index in [2.05, 4.69) is 39.9 Å². The molecule has 0 aliphatic carbocycles. The highest BCUT2D eigenvalue weighted by Gasteiger charge is 2.08. The molecule has 1 nitrogen and oxygen atoms in total. The van der Waals surface area contributed by atoms with Gasteiger partial charge in [-0.05, 0) is 37.3 Å². The minimum Gasteiger partial charge on any atom is -0.316 e. The van der Waals surface area contributed by atoms with E-state index in [1.54, 1.807) is 0 Å². The van der Waals surface area contributed by atoms with Gasteiger partial charge in [0.15, 0.2) is 0 Å². The summed E-state index contributed by atoms with van der Waals surface area (Å²) < 4.78 is 0. The predicted molar refractivity (Wildman–Crippen MR) is 67.7 cm³/mol. The molecule has 0 spiro atoms. The van der Waals surface area contributed by atoms with E-state index in [1.165, 1.54) is 19.4 Å². The molecule has 0 saturated heterocycles. The van der Waals surface area contributed by atoms with Gasteiger partial charge in [0.2, 0.25) is 0 Å². The van der Waals surface area contributed by atoms with Crippen molar-refractivity contribution in [3.8, 4) is 0 Å². The molecule has 0 aromatic carbocycles. The van der Waals surface area contributed by atoms with E-state index in [-0.39, 0.29) is 0 Å². The van der Waals surface area contributed by atoms with Crippen molar-refractivity contribution in [2.45, 2.75) is 61.3 Å². The van der Waals surface area contributed by atoms with Crippen molar-refractivity contribution in [2.75, 3.05) is 13.1 Å². The van der Waals surface area contributed by atoms with Gasteiger partial charge < -0.3 is 5.32 Å². The van der Waals surface area contributed by atoms with Crippen LogP contribution in [-0.2, 0) is 0 Å². The van der Waals surface area contributed by atoms with Gasteiger partial charge in [0, 0.05) is 0 Å². The Kier molecular flexibility index (Phi) is 11.1. The van der Waals surface area contributed by atoms with E-state index in [4.69, 9.17) is 0 Å². The Labute approximate surface area is 91.7 Å². The van der Waals surface area contributed by atoms with Crippen molar-refractivity contribution in [1.29, 1.82) is 0 Å². The van der Waals surface area contributed by atoms with Crippen molar-refractivity contribution < 1.29 is 0 Å². The van der Waals surface area contributed by atoms with Crippen LogP contribution in [0.1, 0.15) is 61.3 Å². The van der Waals surface area contributed by atoms with E-state index < -0.39 is 0 Å². The maximum atomic E-state index is 3.48. The van der Waals surface area contributed by atoms with Crippen molar-refractivity contribution >= 4 is 0 Å². The van der Waals surface area contributed by atoms with Crippen LogP contribution in [0.25, 0.3) is 0 Å². The molecule has 0 fully saturated rings. The van der Waals surface area contributed by atoms with E-state index in [0.29, 0.717) is 5.41 Å². The third kappa shape index (κ3) is 17.9. The molecule has 0 unspecified atom stereocenters. The largest absolute Gasteiger partial charge is 0.316 e. The van der Waals surface area contributed by atoms with E-state index in [9.17, 15) is 0 Å². The summed E-state index contributed by atoms with van der Waals surface area (Å²) in [6.45, 7) is 17.7. The van der Waals surface area contributed by atoms with Gasteiger partial charge in [0.1, 0.15) is 0 Å². The summed E-state index contributed by atoms with van der Waals surface area (Å²) in [7, 11) is 0. The molecule has 0 aromatic rings. The van der Waals surface area contributed by atoms with Crippen molar-refractivity contribution in [3.63, 3.8) is 0 Å². The summed E-state index contributed by atoms with van der Waals surface area (Å²) in [4.78, 5) is 0. The average molecular weight is 201 g/mol. The lowest BCUT2D eigenvalue weighted by Crippen LogP contribution is -2.27. The molecule has 0 bridgehead atoms. The Bertz CT molecular complexity index is 100. The van der Waals surface area contributed by atoms with Crippen LogP contribution in [0.5, 0.6) is 0 Å². The summed E-state index contributed by atoms with van der Waals surface area (Å²) >= 11 is 0. The molecule has 14 heavy (non-hydrogen) atoms. The van der Waals surface area contributed by atoms with Crippen LogP contribution in [0.2, 0.25) is 0 Å². The maximum absolute atomic E-state index is 3.48. The van der Waals surface area contributed by atoms with Crippen molar-refractivity contribution in [3.05, 3.63) is 0 Å². The third-order valence-electron chi connectivity index (χ3n) is 1.79. The molecule has 0 aromatic heterocycles. The SMILES string of the molecule is CC.CC(C)CCCNCC(C)(C)C. The van der Waals surface area contributed by atoms with Crippen LogP contribution in [0.4, 0.5) is 0 Å². The molecule has 1 heteroatoms. The minimum absolute atomic E-state index is 0.428. The molecule has 0 radical (unpaired) electrons. The van der Waals surface area contributed by atoms with E-state index >= 15 is 0 Å². The van der Waals surface area contributed by atoms with Crippen molar-refractivity contribution in [2.24, 2.45) is 11.3 Å². The first kappa shape index (κ1) is 16.4. The van der Waals surface area contributed by atoms with Crippen molar-refractivity contribution in [1.82, 2.24) is 5.32 Å². The molecule has 0 aliphatic heterocycles. The zero-order chi connectivity index (χ0) is 11.6. The third-order valence-corrected chi connectivity index (χ3v) is 1.79. The number of hydrogen-bond acceptors (Lipinski definition) is 1. The molecular formula is C13H31N. The fourth-order valence-corrected chi connectivity index (χ4v) is 1.10. The fourth-order valence-electron chi connectivity index (χ4n) is 1.10. The normalized spacial score (nSPS) is 11.1. The summed E-state index contributed by atoms with van der Waals surface area (Å²) in [6, 6.07) is 0. The first-order valence-corrected chi connectivity index (χ1v) is 6.12. The van der Waals surface area contributed by atoms with Crippen LogP contribution in [-0.4, -0.2) is 13.1 Å². The van der Waals surface area contributed by atoms with Crippen LogP contribution >= 0.6 is 0 Å². The van der Waals surface area contributed by atoms with Crippen LogP contribution < -0.4 is 5.32 Å². The molecule has 0 aliphatic rings. The fraction of sp³-hybridized carbons (Fsp3) is 1.00. The Balaban J connectivity index is 0. The van der Waals surface area contributed by atoms with Crippen LogP contribution in [0.3, 0.4) is 0 Å². The summed E-state index contributed by atoms with van der Waals surface area (Å²) in [5.41, 5.74) is 0.428. The molecule has 0 saturated carbocycles. The quantitative estimate of drug-likeness (QED) is 0.661. The number of hydrogen-bond donors (Lipinski definition) is 1. The van der Waals surface area contributed by atoms with Crippen LogP contribution in [0.15, 0.2) is 0 Å². The summed E-state index contributed by atoms with van der Waals surface area (Å²) in [5, 5.41) is 3.48. The van der Waals surface area contributed by atoms with Crippen LogP contribution in [0, 0.1) is 11.3 Å². The van der Waals surface area contributed by atoms with Gasteiger partial charge in [-0.25, -0.2) is 0 Å². The molecule has 0 rings (SSSR count). The highest BCUT2D eigenvalue weighted by Crippen LogP contribution is 2.10. The van der Waals surface area contributed by atoms with E-state index in [1.807, 2.05) is 13.8 Å².